The molecule has 0 fully saturated rings. The van der Waals surface area contributed by atoms with E-state index in [0.717, 1.165) is 24.4 Å². The molecule has 2 heterocycles. The highest BCUT2D eigenvalue weighted by molar-refractivity contribution is 6.01. The number of aromatic hydroxyl groups is 1. The molecule has 0 atom stereocenters. The van der Waals surface area contributed by atoms with E-state index in [1.54, 1.807) is 23.1 Å². The van der Waals surface area contributed by atoms with Gasteiger partial charge >= 0.3 is 5.97 Å². The molecular weight excluding hydrogens is 465 g/mol. The summed E-state index contributed by atoms with van der Waals surface area (Å²) in [6, 6.07) is 9.38. The Labute approximate surface area is 198 Å². The monoisotopic (exact) mass is 486 g/mol. The van der Waals surface area contributed by atoms with Crippen LogP contribution in [0.25, 0.3) is 0 Å². The topological polar surface area (TPSA) is 100.0 Å². The molecule has 0 bridgehead atoms. The molecule has 1 aliphatic rings. The van der Waals surface area contributed by atoms with Crippen molar-refractivity contribution in [2.24, 2.45) is 0 Å². The van der Waals surface area contributed by atoms with Gasteiger partial charge in [0.2, 0.25) is 0 Å². The third-order valence-electron chi connectivity index (χ3n) is 5.64. The molecule has 0 radical (unpaired) electrons. The number of benzene rings is 2. The summed E-state index contributed by atoms with van der Waals surface area (Å²) in [5, 5.41) is 19.4. The van der Waals surface area contributed by atoms with Gasteiger partial charge in [0, 0.05) is 19.5 Å². The minimum atomic E-state index is -3.30. The molecule has 3 aromatic rings. The molecule has 7 nitrogen and oxygen atoms in total. The molecule has 1 aromatic heterocycles. The molecule has 0 aliphatic carbocycles. The standard InChI is InChI=1S/C25H21F3N2O5/c1-25(27,28)17-7-5-14(11-18(17)26)6-8-20(31)16-3-2-4-19-22(16)35-10-9-30(19)23-21(32)12-15(13-29-23)24(33)34/h2-5,7,11-13,32H,6,8-10H2,1H3,(H,33,34). The first-order chi connectivity index (χ1) is 16.6. The van der Waals surface area contributed by atoms with Gasteiger partial charge in [-0.3, -0.25) is 4.79 Å². The first-order valence-electron chi connectivity index (χ1n) is 10.7. The number of aromatic nitrogens is 1. The normalized spacial score (nSPS) is 13.2. The number of aryl methyl sites for hydroxylation is 1. The maximum atomic E-state index is 14.1. The summed E-state index contributed by atoms with van der Waals surface area (Å²) in [6.45, 7) is 1.09. The number of alkyl halides is 2. The summed E-state index contributed by atoms with van der Waals surface area (Å²) in [5.41, 5.74) is 0.269. The zero-order chi connectivity index (χ0) is 25.3. The van der Waals surface area contributed by atoms with Crippen LogP contribution in [0.5, 0.6) is 11.5 Å². The van der Waals surface area contributed by atoms with Crippen molar-refractivity contribution < 1.29 is 37.7 Å². The van der Waals surface area contributed by atoms with Crippen molar-refractivity contribution in [3.63, 3.8) is 0 Å². The fourth-order valence-corrected chi connectivity index (χ4v) is 3.92. The zero-order valence-electron chi connectivity index (χ0n) is 18.6. The largest absolute Gasteiger partial charge is 0.504 e. The molecule has 0 unspecified atom stereocenters. The van der Waals surface area contributed by atoms with Gasteiger partial charge in [-0.2, -0.15) is 0 Å². The predicted molar refractivity (Wildman–Crippen MR) is 120 cm³/mol. The highest BCUT2D eigenvalue weighted by Gasteiger charge is 2.29. The number of para-hydroxylation sites is 1. The Kier molecular flexibility index (Phi) is 6.38. The molecule has 4 rings (SSSR count). The lowest BCUT2D eigenvalue weighted by Gasteiger charge is -2.31. The van der Waals surface area contributed by atoms with Crippen molar-refractivity contribution in [2.45, 2.75) is 25.7 Å². The number of anilines is 2. The summed E-state index contributed by atoms with van der Waals surface area (Å²) in [6.07, 6.45) is 1.25. The molecule has 2 aromatic carbocycles. The summed E-state index contributed by atoms with van der Waals surface area (Å²) in [4.78, 5) is 29.8. The number of Topliss-reactive ketones (excluding diaryl/α,β-unsaturated/α-hetero) is 1. The average Bonchev–Trinajstić information content (AvgIpc) is 2.81. The van der Waals surface area contributed by atoms with Gasteiger partial charge in [0.05, 0.1) is 28.9 Å². The Balaban J connectivity index is 1.56. The Morgan fingerprint density at radius 3 is 2.63 bits per heavy atom. The van der Waals surface area contributed by atoms with Gasteiger partial charge in [0.25, 0.3) is 5.92 Å². The van der Waals surface area contributed by atoms with Crippen molar-refractivity contribution in [1.29, 1.82) is 0 Å². The number of ether oxygens (including phenoxy) is 1. The van der Waals surface area contributed by atoms with Crippen LogP contribution in [0.4, 0.5) is 24.7 Å². The van der Waals surface area contributed by atoms with Gasteiger partial charge < -0.3 is 19.8 Å². The average molecular weight is 486 g/mol. The molecule has 0 spiro atoms. The van der Waals surface area contributed by atoms with Crippen molar-refractivity contribution in [2.75, 3.05) is 18.1 Å². The van der Waals surface area contributed by atoms with E-state index in [1.807, 2.05) is 0 Å². The van der Waals surface area contributed by atoms with Gasteiger partial charge in [-0.25, -0.2) is 22.9 Å². The zero-order valence-corrected chi connectivity index (χ0v) is 18.6. The first kappa shape index (κ1) is 24.1. The third-order valence-corrected chi connectivity index (χ3v) is 5.64. The third kappa shape index (κ3) is 4.91. The van der Waals surface area contributed by atoms with Crippen LogP contribution in [0.3, 0.4) is 0 Å². The molecule has 0 saturated heterocycles. The van der Waals surface area contributed by atoms with Crippen LogP contribution in [-0.2, 0) is 12.3 Å². The second kappa shape index (κ2) is 9.28. The van der Waals surface area contributed by atoms with Gasteiger partial charge in [-0.05, 0) is 42.3 Å². The van der Waals surface area contributed by atoms with Crippen LogP contribution >= 0.6 is 0 Å². The summed E-state index contributed by atoms with van der Waals surface area (Å²) < 4.78 is 46.7. The lowest BCUT2D eigenvalue weighted by molar-refractivity contribution is 0.0137. The van der Waals surface area contributed by atoms with E-state index in [2.05, 4.69) is 4.98 Å². The molecule has 182 valence electrons. The van der Waals surface area contributed by atoms with E-state index in [-0.39, 0.29) is 53.7 Å². The minimum Gasteiger partial charge on any atom is -0.504 e. The fraction of sp³-hybridized carbons (Fsp3) is 0.240. The number of carboxylic acids is 1. The van der Waals surface area contributed by atoms with Crippen molar-refractivity contribution >= 4 is 23.3 Å². The van der Waals surface area contributed by atoms with Crippen LogP contribution < -0.4 is 9.64 Å². The van der Waals surface area contributed by atoms with Crippen LogP contribution in [0, 0.1) is 5.82 Å². The highest BCUT2D eigenvalue weighted by atomic mass is 19.3. The van der Waals surface area contributed by atoms with E-state index in [0.29, 0.717) is 24.7 Å². The van der Waals surface area contributed by atoms with Crippen molar-refractivity contribution in [1.82, 2.24) is 4.98 Å². The fourth-order valence-electron chi connectivity index (χ4n) is 3.92. The molecule has 1 aliphatic heterocycles. The maximum absolute atomic E-state index is 14.1. The van der Waals surface area contributed by atoms with E-state index in [1.165, 1.54) is 6.07 Å². The van der Waals surface area contributed by atoms with Crippen LogP contribution in [0.2, 0.25) is 0 Å². The number of pyridine rings is 1. The smallest absolute Gasteiger partial charge is 0.337 e. The summed E-state index contributed by atoms with van der Waals surface area (Å²) >= 11 is 0. The molecule has 35 heavy (non-hydrogen) atoms. The van der Waals surface area contributed by atoms with Crippen LogP contribution in [0.1, 0.15) is 45.2 Å². The second-order valence-electron chi connectivity index (χ2n) is 8.15. The van der Waals surface area contributed by atoms with Crippen molar-refractivity contribution in [3.05, 3.63) is 76.7 Å². The number of fused-ring (bicyclic) bond motifs is 1. The Bertz CT molecular complexity index is 1310. The number of carboxylic acid groups (broad SMARTS) is 1. The number of halogens is 3. The first-order valence-corrected chi connectivity index (χ1v) is 10.7. The molecule has 10 heteroatoms. The molecule has 2 N–H and O–H groups in total. The van der Waals surface area contributed by atoms with Crippen LogP contribution in [-0.4, -0.2) is 40.1 Å². The summed E-state index contributed by atoms with van der Waals surface area (Å²) in [5.74, 6) is -5.80. The van der Waals surface area contributed by atoms with Gasteiger partial charge in [-0.15, -0.1) is 0 Å². The number of carbonyl (C=O) groups is 2. The highest BCUT2D eigenvalue weighted by Crippen LogP contribution is 2.41. The number of rotatable bonds is 7. The minimum absolute atomic E-state index is 0.0159. The number of hydrogen-bond donors (Lipinski definition) is 2. The van der Waals surface area contributed by atoms with E-state index in [9.17, 15) is 27.9 Å². The Morgan fingerprint density at radius 2 is 1.97 bits per heavy atom. The lowest BCUT2D eigenvalue weighted by atomic mass is 9.99. The Morgan fingerprint density at radius 1 is 1.20 bits per heavy atom. The van der Waals surface area contributed by atoms with E-state index >= 15 is 0 Å². The maximum Gasteiger partial charge on any atom is 0.337 e. The van der Waals surface area contributed by atoms with Gasteiger partial charge in [-0.1, -0.05) is 12.1 Å². The lowest BCUT2D eigenvalue weighted by Crippen LogP contribution is -2.30. The number of hydrogen-bond acceptors (Lipinski definition) is 6. The van der Waals surface area contributed by atoms with E-state index in [4.69, 9.17) is 9.84 Å². The predicted octanol–water partition coefficient (Wildman–Crippen LogP) is 5.08. The number of aromatic carboxylic acids is 1. The van der Waals surface area contributed by atoms with Gasteiger partial charge in [0.1, 0.15) is 12.4 Å². The Hall–Kier alpha value is -4.08. The molecule has 0 saturated carbocycles. The van der Waals surface area contributed by atoms with E-state index < -0.39 is 23.3 Å². The quantitative estimate of drug-likeness (QED) is 0.449. The van der Waals surface area contributed by atoms with Gasteiger partial charge in [0.15, 0.2) is 23.1 Å². The SMILES string of the molecule is CC(F)(F)c1ccc(CCC(=O)c2cccc3c2OCCN3c2ncc(C(=O)O)cc2O)cc1F. The molecule has 0 amide bonds. The second-order valence-corrected chi connectivity index (χ2v) is 8.15. The van der Waals surface area contributed by atoms with Crippen molar-refractivity contribution in [3.8, 4) is 11.5 Å². The summed E-state index contributed by atoms with van der Waals surface area (Å²) in [7, 11) is 0. The number of nitrogens with zero attached hydrogens (tertiary/aromatic N) is 2. The number of ketones is 1. The number of carbonyl (C=O) groups excluding carboxylic acids is 1. The molecular formula is C25H21F3N2O5. The van der Waals surface area contributed by atoms with Crippen LogP contribution in [0.15, 0.2) is 48.7 Å².